The van der Waals surface area contributed by atoms with Crippen molar-refractivity contribution in [3.05, 3.63) is 11.9 Å². The predicted octanol–water partition coefficient (Wildman–Crippen LogP) is 2.53. The van der Waals surface area contributed by atoms with Crippen LogP contribution in [0.1, 0.15) is 57.7 Å². The molecular formula is C16H26N4O. The van der Waals surface area contributed by atoms with Gasteiger partial charge in [-0.2, -0.15) is 0 Å². The van der Waals surface area contributed by atoms with Crippen LogP contribution in [0.3, 0.4) is 0 Å². The first-order valence-corrected chi connectivity index (χ1v) is 8.17. The van der Waals surface area contributed by atoms with Crippen LogP contribution < -0.4 is 10.2 Å². The van der Waals surface area contributed by atoms with Crippen molar-refractivity contribution >= 4 is 11.6 Å². The first kappa shape index (κ1) is 14.6. The Morgan fingerprint density at radius 3 is 2.86 bits per heavy atom. The number of anilines is 2. The molecule has 1 atom stereocenters. The molecule has 1 saturated heterocycles. The molecule has 0 spiro atoms. The summed E-state index contributed by atoms with van der Waals surface area (Å²) in [6.07, 6.45) is 5.09. The van der Waals surface area contributed by atoms with Crippen LogP contribution in [-0.4, -0.2) is 40.3 Å². The summed E-state index contributed by atoms with van der Waals surface area (Å²) < 4.78 is 0. The monoisotopic (exact) mass is 290 g/mol. The van der Waals surface area contributed by atoms with E-state index in [0.717, 1.165) is 56.4 Å². The first-order chi connectivity index (χ1) is 10.1. The Kier molecular flexibility index (Phi) is 4.02. The van der Waals surface area contributed by atoms with E-state index in [2.05, 4.69) is 28.2 Å². The van der Waals surface area contributed by atoms with Gasteiger partial charge in [-0.1, -0.05) is 0 Å². The van der Waals surface area contributed by atoms with Crippen molar-refractivity contribution in [1.29, 1.82) is 0 Å². The lowest BCUT2D eigenvalue weighted by Gasteiger charge is -2.24. The van der Waals surface area contributed by atoms with Crippen molar-refractivity contribution in [3.63, 3.8) is 0 Å². The molecular weight excluding hydrogens is 264 g/mol. The molecule has 0 amide bonds. The molecule has 2 heterocycles. The fourth-order valence-electron chi connectivity index (χ4n) is 2.90. The average Bonchev–Trinajstić information content (AvgIpc) is 3.26. The van der Waals surface area contributed by atoms with Gasteiger partial charge in [-0.15, -0.1) is 0 Å². The highest BCUT2D eigenvalue weighted by Gasteiger charge is 2.29. The topological polar surface area (TPSA) is 61.3 Å². The quantitative estimate of drug-likeness (QED) is 0.892. The van der Waals surface area contributed by atoms with E-state index >= 15 is 0 Å². The van der Waals surface area contributed by atoms with Crippen molar-refractivity contribution in [1.82, 2.24) is 9.97 Å². The van der Waals surface area contributed by atoms with Crippen molar-refractivity contribution in [2.24, 2.45) is 0 Å². The van der Waals surface area contributed by atoms with Gasteiger partial charge in [0.15, 0.2) is 0 Å². The molecule has 2 N–H and O–H groups in total. The number of hydrogen-bond acceptors (Lipinski definition) is 5. The fraction of sp³-hybridized carbons (Fsp3) is 0.750. The van der Waals surface area contributed by atoms with Crippen LogP contribution in [0.25, 0.3) is 0 Å². The number of hydrogen-bond donors (Lipinski definition) is 2. The molecule has 1 aromatic rings. The summed E-state index contributed by atoms with van der Waals surface area (Å²) in [5.41, 5.74) is -0.536. The normalized spacial score (nSPS) is 26.5. The maximum atomic E-state index is 10.2. The summed E-state index contributed by atoms with van der Waals surface area (Å²) in [6, 6.07) is 2.05. The van der Waals surface area contributed by atoms with Gasteiger partial charge in [0.2, 0.25) is 0 Å². The zero-order valence-electron chi connectivity index (χ0n) is 13.1. The van der Waals surface area contributed by atoms with Crippen molar-refractivity contribution in [3.8, 4) is 0 Å². The van der Waals surface area contributed by atoms with E-state index in [1.807, 2.05) is 6.92 Å². The Morgan fingerprint density at radius 2 is 2.14 bits per heavy atom. The molecule has 1 aliphatic heterocycles. The van der Waals surface area contributed by atoms with E-state index in [4.69, 9.17) is 4.98 Å². The van der Waals surface area contributed by atoms with Gasteiger partial charge in [0, 0.05) is 31.6 Å². The Bertz CT molecular complexity index is 499. The van der Waals surface area contributed by atoms with E-state index in [1.165, 1.54) is 12.8 Å². The molecule has 1 saturated carbocycles. The highest BCUT2D eigenvalue weighted by atomic mass is 16.3. The van der Waals surface area contributed by atoms with E-state index in [9.17, 15) is 5.11 Å². The Morgan fingerprint density at radius 1 is 1.33 bits per heavy atom. The molecule has 1 aromatic heterocycles. The minimum atomic E-state index is -0.536. The molecule has 5 nitrogen and oxygen atoms in total. The third-order valence-electron chi connectivity index (χ3n) is 4.42. The largest absolute Gasteiger partial charge is 0.390 e. The summed E-state index contributed by atoms with van der Waals surface area (Å²) in [7, 11) is 0. The lowest BCUT2D eigenvalue weighted by molar-refractivity contribution is 0.0481. The Labute approximate surface area is 126 Å². The Hall–Kier alpha value is -1.36. The zero-order valence-corrected chi connectivity index (χ0v) is 13.1. The molecule has 0 radical (unpaired) electrons. The van der Waals surface area contributed by atoms with Crippen LogP contribution in [0, 0.1) is 0 Å². The fourth-order valence-corrected chi connectivity index (χ4v) is 2.90. The van der Waals surface area contributed by atoms with Gasteiger partial charge in [-0.05, 0) is 46.0 Å². The molecule has 2 aliphatic rings. The second-order valence-corrected chi connectivity index (χ2v) is 6.61. The molecule has 0 bridgehead atoms. The second kappa shape index (κ2) is 5.79. The number of aromatic nitrogens is 2. The molecule has 1 aliphatic carbocycles. The van der Waals surface area contributed by atoms with Crippen molar-refractivity contribution < 1.29 is 5.11 Å². The maximum absolute atomic E-state index is 10.2. The van der Waals surface area contributed by atoms with Crippen LogP contribution >= 0.6 is 0 Å². The minimum Gasteiger partial charge on any atom is -0.390 e. The SMILES string of the molecule is CCNc1cc(N2CCCC(C)(O)CC2)nc(C2CC2)n1. The number of nitrogens with zero attached hydrogens (tertiary/aromatic N) is 3. The lowest BCUT2D eigenvalue weighted by atomic mass is 9.98. The zero-order chi connectivity index (χ0) is 14.9. The predicted molar refractivity (Wildman–Crippen MR) is 84.9 cm³/mol. The summed E-state index contributed by atoms with van der Waals surface area (Å²) in [4.78, 5) is 11.7. The molecule has 5 heteroatoms. The third kappa shape index (κ3) is 3.64. The van der Waals surface area contributed by atoms with Crippen molar-refractivity contribution in [2.75, 3.05) is 29.9 Å². The van der Waals surface area contributed by atoms with Gasteiger partial charge in [0.05, 0.1) is 5.60 Å². The van der Waals surface area contributed by atoms with Crippen LogP contribution in [-0.2, 0) is 0 Å². The average molecular weight is 290 g/mol. The molecule has 21 heavy (non-hydrogen) atoms. The lowest BCUT2D eigenvalue weighted by Crippen LogP contribution is -2.29. The van der Waals surface area contributed by atoms with Gasteiger partial charge in [0.1, 0.15) is 17.5 Å². The van der Waals surface area contributed by atoms with Crippen LogP contribution in [0.15, 0.2) is 6.07 Å². The molecule has 1 unspecified atom stereocenters. The van der Waals surface area contributed by atoms with Crippen LogP contribution in [0.5, 0.6) is 0 Å². The molecule has 2 fully saturated rings. The van der Waals surface area contributed by atoms with E-state index in [-0.39, 0.29) is 0 Å². The number of aliphatic hydroxyl groups is 1. The first-order valence-electron chi connectivity index (χ1n) is 8.17. The summed E-state index contributed by atoms with van der Waals surface area (Å²) in [5.74, 6) is 3.48. The van der Waals surface area contributed by atoms with Gasteiger partial charge in [-0.25, -0.2) is 9.97 Å². The van der Waals surface area contributed by atoms with Gasteiger partial charge in [0.25, 0.3) is 0 Å². The van der Waals surface area contributed by atoms with Crippen LogP contribution in [0.4, 0.5) is 11.6 Å². The summed E-state index contributed by atoms with van der Waals surface area (Å²) in [6.45, 7) is 6.72. The van der Waals surface area contributed by atoms with E-state index in [1.54, 1.807) is 0 Å². The second-order valence-electron chi connectivity index (χ2n) is 6.61. The molecule has 3 rings (SSSR count). The summed E-state index contributed by atoms with van der Waals surface area (Å²) >= 11 is 0. The number of rotatable bonds is 4. The van der Waals surface area contributed by atoms with Gasteiger partial charge < -0.3 is 15.3 Å². The molecule has 0 aromatic carbocycles. The Balaban J connectivity index is 1.82. The highest BCUT2D eigenvalue weighted by Crippen LogP contribution is 2.39. The number of nitrogens with one attached hydrogen (secondary N) is 1. The standard InChI is InChI=1S/C16H26N4O/c1-3-17-13-11-14(19-15(18-13)12-5-6-12)20-9-4-7-16(2,21)8-10-20/h11-12,21H,3-10H2,1-2H3,(H,17,18,19). The van der Waals surface area contributed by atoms with Gasteiger partial charge in [-0.3, -0.25) is 0 Å². The van der Waals surface area contributed by atoms with Crippen molar-refractivity contribution in [2.45, 2.75) is 57.5 Å². The maximum Gasteiger partial charge on any atom is 0.136 e. The van der Waals surface area contributed by atoms with E-state index < -0.39 is 5.60 Å². The smallest absolute Gasteiger partial charge is 0.136 e. The third-order valence-corrected chi connectivity index (χ3v) is 4.42. The minimum absolute atomic E-state index is 0.536. The highest BCUT2D eigenvalue weighted by molar-refractivity contribution is 5.50. The van der Waals surface area contributed by atoms with Gasteiger partial charge >= 0.3 is 0 Å². The summed E-state index contributed by atoms with van der Waals surface area (Å²) in [5, 5.41) is 13.6. The van der Waals surface area contributed by atoms with E-state index in [0.29, 0.717) is 5.92 Å². The molecule has 116 valence electrons. The van der Waals surface area contributed by atoms with Crippen LogP contribution in [0.2, 0.25) is 0 Å².